The van der Waals surface area contributed by atoms with Crippen molar-refractivity contribution in [2.75, 3.05) is 24.6 Å². The monoisotopic (exact) mass is 476 g/mol. The number of nitro groups is 1. The van der Waals surface area contributed by atoms with Crippen LogP contribution in [0.5, 0.6) is 0 Å². The molecule has 1 aliphatic heterocycles. The van der Waals surface area contributed by atoms with Gasteiger partial charge in [0.1, 0.15) is 4.90 Å². The summed E-state index contributed by atoms with van der Waals surface area (Å²) < 4.78 is 50.7. The fraction of sp³-hybridized carbons (Fsp3) is 0.294. The lowest BCUT2D eigenvalue weighted by molar-refractivity contribution is -0.385. The van der Waals surface area contributed by atoms with Gasteiger partial charge in [-0.3, -0.25) is 10.1 Å². The highest BCUT2D eigenvalue weighted by Gasteiger charge is 2.33. The van der Waals surface area contributed by atoms with Crippen LogP contribution in [-0.2, 0) is 19.9 Å². The van der Waals surface area contributed by atoms with Crippen LogP contribution in [0.25, 0.3) is 0 Å². The second-order valence-electron chi connectivity index (χ2n) is 6.51. The van der Waals surface area contributed by atoms with E-state index < -0.39 is 24.8 Å². The standard InChI is InChI=1S/C17H17ClN2O6S3/c1-12-8-13(18)10-15(9-12)27-16-3-2-14(20(21)22)11-17(16)29(25,26)19-4-6-28(23,24)7-5-19/h2-3,8-11H,4-7H2,1H3. The molecule has 0 spiro atoms. The average molecular weight is 477 g/mol. The van der Waals surface area contributed by atoms with Gasteiger partial charge in [0.05, 0.1) is 16.4 Å². The Hall–Kier alpha value is -1.66. The number of nitrogens with zero attached hydrogens (tertiary/aromatic N) is 2. The van der Waals surface area contributed by atoms with Crippen molar-refractivity contribution in [2.24, 2.45) is 0 Å². The van der Waals surface area contributed by atoms with Crippen LogP contribution in [0.3, 0.4) is 0 Å². The molecule has 8 nitrogen and oxygen atoms in total. The summed E-state index contributed by atoms with van der Waals surface area (Å²) in [6, 6.07) is 8.88. The predicted molar refractivity (Wildman–Crippen MR) is 111 cm³/mol. The number of rotatable bonds is 5. The van der Waals surface area contributed by atoms with Crippen molar-refractivity contribution in [3.05, 3.63) is 57.1 Å². The summed E-state index contributed by atoms with van der Waals surface area (Å²) >= 11 is 7.20. The Morgan fingerprint density at radius 2 is 1.79 bits per heavy atom. The maximum Gasteiger partial charge on any atom is 0.270 e. The predicted octanol–water partition coefficient (Wildman–Crippen LogP) is 3.13. The second-order valence-corrected chi connectivity index (χ2v) is 12.3. The van der Waals surface area contributed by atoms with Gasteiger partial charge in [-0.2, -0.15) is 4.31 Å². The number of sulfone groups is 1. The molecule has 0 aromatic heterocycles. The zero-order valence-electron chi connectivity index (χ0n) is 15.2. The van der Waals surface area contributed by atoms with Crippen molar-refractivity contribution in [3.8, 4) is 0 Å². The van der Waals surface area contributed by atoms with E-state index in [1.165, 1.54) is 12.1 Å². The zero-order valence-corrected chi connectivity index (χ0v) is 18.4. The molecule has 0 amide bonds. The zero-order chi connectivity index (χ0) is 21.4. The van der Waals surface area contributed by atoms with Crippen molar-refractivity contribution in [3.63, 3.8) is 0 Å². The van der Waals surface area contributed by atoms with Crippen LogP contribution < -0.4 is 0 Å². The Balaban J connectivity index is 2.05. The Morgan fingerprint density at radius 1 is 1.14 bits per heavy atom. The smallest absolute Gasteiger partial charge is 0.258 e. The summed E-state index contributed by atoms with van der Waals surface area (Å²) in [4.78, 5) is 11.3. The highest BCUT2D eigenvalue weighted by atomic mass is 35.5. The third-order valence-electron chi connectivity index (χ3n) is 4.30. The minimum absolute atomic E-state index is 0.187. The molecular formula is C17H17ClN2O6S3. The van der Waals surface area contributed by atoms with Crippen LogP contribution in [0.2, 0.25) is 5.02 Å². The van der Waals surface area contributed by atoms with Gasteiger partial charge in [0.2, 0.25) is 10.0 Å². The van der Waals surface area contributed by atoms with Gasteiger partial charge in [-0.05, 0) is 36.8 Å². The molecule has 0 radical (unpaired) electrons. The Labute approximate surface area is 178 Å². The summed E-state index contributed by atoms with van der Waals surface area (Å²) in [6.45, 7) is 1.47. The fourth-order valence-corrected chi connectivity index (χ4v) is 7.60. The average Bonchev–Trinajstić information content (AvgIpc) is 2.60. The van der Waals surface area contributed by atoms with Crippen LogP contribution in [0, 0.1) is 17.0 Å². The van der Waals surface area contributed by atoms with Crippen LogP contribution in [0.15, 0.2) is 51.1 Å². The summed E-state index contributed by atoms with van der Waals surface area (Å²) in [7, 11) is -7.41. The lowest BCUT2D eigenvalue weighted by Crippen LogP contribution is -2.43. The quantitative estimate of drug-likeness (QED) is 0.481. The molecule has 0 N–H and O–H groups in total. The van der Waals surface area contributed by atoms with Crippen molar-refractivity contribution in [1.82, 2.24) is 4.31 Å². The molecule has 2 aromatic rings. The first-order valence-corrected chi connectivity index (χ1v) is 12.9. The number of sulfonamides is 1. The summed E-state index contributed by atoms with van der Waals surface area (Å²) in [6.07, 6.45) is 0. The van der Waals surface area contributed by atoms with Gasteiger partial charge in [0.15, 0.2) is 9.84 Å². The molecule has 12 heteroatoms. The molecule has 1 aliphatic rings. The van der Waals surface area contributed by atoms with Gasteiger partial charge in [-0.25, -0.2) is 16.8 Å². The molecule has 1 saturated heterocycles. The number of benzene rings is 2. The molecule has 1 heterocycles. The number of hydrogen-bond acceptors (Lipinski definition) is 7. The van der Waals surface area contributed by atoms with Gasteiger partial charge < -0.3 is 0 Å². The van der Waals surface area contributed by atoms with E-state index in [0.29, 0.717) is 14.8 Å². The van der Waals surface area contributed by atoms with Gasteiger partial charge >= 0.3 is 0 Å². The topological polar surface area (TPSA) is 115 Å². The molecule has 2 aromatic carbocycles. The lowest BCUT2D eigenvalue weighted by Gasteiger charge is -2.26. The van der Waals surface area contributed by atoms with Crippen LogP contribution in [0.1, 0.15) is 5.56 Å². The van der Waals surface area contributed by atoms with Crippen molar-refractivity contribution < 1.29 is 21.8 Å². The highest BCUT2D eigenvalue weighted by Crippen LogP contribution is 2.37. The Kier molecular flexibility index (Phi) is 6.25. The van der Waals surface area contributed by atoms with E-state index in [4.69, 9.17) is 11.6 Å². The Morgan fingerprint density at radius 3 is 2.38 bits per heavy atom. The van der Waals surface area contributed by atoms with Gasteiger partial charge in [-0.15, -0.1) is 0 Å². The first-order valence-electron chi connectivity index (χ1n) is 8.42. The number of nitro benzene ring substituents is 1. The normalized spacial score (nSPS) is 17.2. The molecule has 1 fully saturated rings. The Bertz CT molecular complexity index is 1150. The van der Waals surface area contributed by atoms with Crippen LogP contribution in [-0.4, -0.2) is 50.7 Å². The van der Waals surface area contributed by atoms with E-state index in [1.807, 2.05) is 13.0 Å². The SMILES string of the molecule is Cc1cc(Cl)cc(Sc2ccc([N+](=O)[O-])cc2S(=O)(=O)N2CCS(=O)(=O)CC2)c1. The minimum Gasteiger partial charge on any atom is -0.258 e. The van der Waals surface area contributed by atoms with Crippen LogP contribution >= 0.6 is 23.4 Å². The summed E-state index contributed by atoms with van der Waals surface area (Å²) in [5, 5.41) is 11.7. The third-order valence-corrected chi connectivity index (χ3v) is 9.25. The van der Waals surface area contributed by atoms with Gasteiger partial charge in [0.25, 0.3) is 5.69 Å². The number of halogens is 1. The molecule has 156 valence electrons. The molecule has 3 rings (SSSR count). The number of hydrogen-bond donors (Lipinski definition) is 0. The minimum atomic E-state index is -4.13. The van der Waals surface area contributed by atoms with E-state index in [-0.39, 0.29) is 35.2 Å². The molecule has 0 atom stereocenters. The molecular weight excluding hydrogens is 460 g/mol. The largest absolute Gasteiger partial charge is 0.270 e. The van der Waals surface area contributed by atoms with E-state index in [2.05, 4.69) is 0 Å². The lowest BCUT2D eigenvalue weighted by atomic mass is 10.2. The third kappa shape index (κ3) is 5.10. The highest BCUT2D eigenvalue weighted by molar-refractivity contribution is 8.00. The van der Waals surface area contributed by atoms with Crippen molar-refractivity contribution >= 4 is 48.9 Å². The second kappa shape index (κ2) is 8.23. The summed E-state index contributed by atoms with van der Waals surface area (Å²) in [5.41, 5.74) is 0.521. The van der Waals surface area contributed by atoms with Gasteiger partial charge in [0, 0.05) is 40.0 Å². The van der Waals surface area contributed by atoms with E-state index in [9.17, 15) is 26.9 Å². The summed E-state index contributed by atoms with van der Waals surface area (Å²) in [5.74, 6) is -0.561. The molecule has 29 heavy (non-hydrogen) atoms. The first-order chi connectivity index (χ1) is 13.5. The van der Waals surface area contributed by atoms with E-state index in [0.717, 1.165) is 27.7 Å². The molecule has 0 unspecified atom stereocenters. The number of non-ortho nitro benzene ring substituents is 1. The number of aryl methyl sites for hydroxylation is 1. The maximum atomic E-state index is 13.2. The fourth-order valence-electron chi connectivity index (χ4n) is 2.86. The van der Waals surface area contributed by atoms with E-state index in [1.54, 1.807) is 12.1 Å². The van der Waals surface area contributed by atoms with Crippen molar-refractivity contribution in [2.45, 2.75) is 21.6 Å². The van der Waals surface area contributed by atoms with Gasteiger partial charge in [-0.1, -0.05) is 23.4 Å². The van der Waals surface area contributed by atoms with Crippen LogP contribution in [0.4, 0.5) is 5.69 Å². The molecule has 0 bridgehead atoms. The molecule has 0 aliphatic carbocycles. The first kappa shape index (κ1) is 22.0. The maximum absolute atomic E-state index is 13.2. The van der Waals surface area contributed by atoms with E-state index >= 15 is 0 Å². The molecule has 0 saturated carbocycles. The van der Waals surface area contributed by atoms with Crippen molar-refractivity contribution in [1.29, 1.82) is 0 Å².